The number of amides is 1. The summed E-state index contributed by atoms with van der Waals surface area (Å²) >= 11 is 5.94. The number of nitrogens with zero attached hydrogens (tertiary/aromatic N) is 3. The molecule has 0 bridgehead atoms. The smallest absolute Gasteiger partial charge is 0.251 e. The average Bonchev–Trinajstić information content (AvgIpc) is 3.25. The molecule has 0 radical (unpaired) electrons. The molecule has 2 aromatic carbocycles. The van der Waals surface area contributed by atoms with Crippen LogP contribution in [0.2, 0.25) is 5.02 Å². The molecule has 0 saturated heterocycles. The van der Waals surface area contributed by atoms with E-state index in [1.165, 1.54) is 0 Å². The van der Waals surface area contributed by atoms with Crippen LogP contribution in [0.5, 0.6) is 0 Å². The molecule has 0 unspecified atom stereocenters. The van der Waals surface area contributed by atoms with E-state index >= 15 is 0 Å². The Bertz CT molecular complexity index is 1020. The second kappa shape index (κ2) is 12.3. The summed E-state index contributed by atoms with van der Waals surface area (Å²) in [5.74, 6) is 0.623. The minimum absolute atomic E-state index is 0. The molecule has 164 valence electrons. The van der Waals surface area contributed by atoms with Crippen molar-refractivity contribution in [1.82, 2.24) is 25.7 Å². The van der Waals surface area contributed by atoms with Crippen molar-refractivity contribution in [3.8, 4) is 5.69 Å². The van der Waals surface area contributed by atoms with Crippen molar-refractivity contribution in [2.75, 3.05) is 20.6 Å². The van der Waals surface area contributed by atoms with E-state index in [4.69, 9.17) is 11.6 Å². The van der Waals surface area contributed by atoms with Crippen LogP contribution in [0.15, 0.2) is 65.9 Å². The number of carbonyl (C=O) groups is 1. The lowest BCUT2D eigenvalue weighted by molar-refractivity contribution is 0.0963. The normalized spacial score (nSPS) is 10.9. The molecule has 0 saturated carbocycles. The highest BCUT2D eigenvalue weighted by Crippen LogP contribution is 2.13. The topological polar surface area (TPSA) is 83.3 Å². The first kappa shape index (κ1) is 24.7. The molecule has 0 spiro atoms. The SMILES string of the molecule is CN=C(NCCc1cccc(C(=O)NC)c1)NCc1cnn(-c2ccc(Cl)cc2)c1.I. The minimum atomic E-state index is -0.0820. The first-order valence-electron chi connectivity index (χ1n) is 9.64. The van der Waals surface area contributed by atoms with Gasteiger partial charge in [-0.25, -0.2) is 4.68 Å². The van der Waals surface area contributed by atoms with Crippen molar-refractivity contribution in [3.63, 3.8) is 0 Å². The van der Waals surface area contributed by atoms with Crippen LogP contribution in [-0.2, 0) is 13.0 Å². The quantitative estimate of drug-likeness (QED) is 0.238. The Hall–Kier alpha value is -2.59. The number of hydrogen-bond acceptors (Lipinski definition) is 3. The third kappa shape index (κ3) is 7.25. The molecule has 3 rings (SSSR count). The predicted octanol–water partition coefficient (Wildman–Crippen LogP) is 3.41. The second-order valence-electron chi connectivity index (χ2n) is 6.65. The average molecular weight is 553 g/mol. The zero-order chi connectivity index (χ0) is 21.3. The largest absolute Gasteiger partial charge is 0.356 e. The fraction of sp³-hybridized carbons (Fsp3) is 0.227. The molecule has 1 heterocycles. The molecule has 1 amide bonds. The molecule has 3 N–H and O–H groups in total. The monoisotopic (exact) mass is 552 g/mol. The van der Waals surface area contributed by atoms with Crippen LogP contribution in [0.25, 0.3) is 5.69 Å². The molecule has 9 heteroatoms. The number of halogens is 2. The van der Waals surface area contributed by atoms with Crippen molar-refractivity contribution < 1.29 is 4.79 Å². The third-order valence-corrected chi connectivity index (χ3v) is 4.79. The molecule has 0 atom stereocenters. The highest BCUT2D eigenvalue weighted by molar-refractivity contribution is 14.0. The van der Waals surface area contributed by atoms with Gasteiger partial charge >= 0.3 is 0 Å². The van der Waals surface area contributed by atoms with E-state index < -0.39 is 0 Å². The molecule has 3 aromatic rings. The Labute approximate surface area is 204 Å². The first-order valence-corrected chi connectivity index (χ1v) is 10.0. The van der Waals surface area contributed by atoms with Gasteiger partial charge in [0.1, 0.15) is 0 Å². The number of nitrogens with one attached hydrogen (secondary N) is 3. The van der Waals surface area contributed by atoms with Crippen LogP contribution < -0.4 is 16.0 Å². The summed E-state index contributed by atoms with van der Waals surface area (Å²) in [6.45, 7) is 1.29. The molecule has 31 heavy (non-hydrogen) atoms. The lowest BCUT2D eigenvalue weighted by Gasteiger charge is -2.11. The second-order valence-corrected chi connectivity index (χ2v) is 7.09. The van der Waals surface area contributed by atoms with Crippen LogP contribution in [0.3, 0.4) is 0 Å². The van der Waals surface area contributed by atoms with Crippen LogP contribution in [-0.4, -0.2) is 42.3 Å². The molecule has 0 aliphatic rings. The van der Waals surface area contributed by atoms with Crippen LogP contribution in [0.1, 0.15) is 21.5 Å². The Morgan fingerprint density at radius 3 is 2.61 bits per heavy atom. The molecule has 0 aliphatic carbocycles. The van der Waals surface area contributed by atoms with Gasteiger partial charge in [-0.2, -0.15) is 5.10 Å². The van der Waals surface area contributed by atoms with Crippen LogP contribution >= 0.6 is 35.6 Å². The number of aliphatic imine (C=N–C) groups is 1. The van der Waals surface area contributed by atoms with Crippen LogP contribution in [0, 0.1) is 0 Å². The Balaban J connectivity index is 0.00000341. The van der Waals surface area contributed by atoms with Gasteiger partial charge in [0.05, 0.1) is 11.9 Å². The van der Waals surface area contributed by atoms with Gasteiger partial charge < -0.3 is 16.0 Å². The highest BCUT2D eigenvalue weighted by atomic mass is 127. The fourth-order valence-corrected chi connectivity index (χ4v) is 3.06. The van der Waals surface area contributed by atoms with Gasteiger partial charge in [-0.15, -0.1) is 24.0 Å². The standard InChI is InChI=1S/C22H25ClN6O.HI/c1-24-21(30)18-5-3-4-16(12-18)10-11-26-22(25-2)27-13-17-14-28-29(15-17)20-8-6-19(23)7-9-20;/h3-9,12,14-15H,10-11,13H2,1-2H3,(H,24,30)(H2,25,26,27);1H. The van der Waals surface area contributed by atoms with Gasteiger partial charge in [0, 0.05) is 49.5 Å². The summed E-state index contributed by atoms with van der Waals surface area (Å²) in [4.78, 5) is 16.0. The Morgan fingerprint density at radius 1 is 1.13 bits per heavy atom. The molecule has 1 aromatic heterocycles. The maximum Gasteiger partial charge on any atom is 0.251 e. The van der Waals surface area contributed by atoms with Crippen molar-refractivity contribution in [1.29, 1.82) is 0 Å². The summed E-state index contributed by atoms with van der Waals surface area (Å²) < 4.78 is 1.81. The van der Waals surface area contributed by atoms with E-state index in [9.17, 15) is 4.79 Å². The summed E-state index contributed by atoms with van der Waals surface area (Å²) in [5, 5.41) is 14.3. The molecular weight excluding hydrogens is 527 g/mol. The maximum atomic E-state index is 11.8. The van der Waals surface area contributed by atoms with Crippen molar-refractivity contribution in [2.45, 2.75) is 13.0 Å². The number of guanidine groups is 1. The summed E-state index contributed by atoms with van der Waals surface area (Å²) in [7, 11) is 3.37. The lowest BCUT2D eigenvalue weighted by Crippen LogP contribution is -2.37. The molecule has 0 aliphatic heterocycles. The minimum Gasteiger partial charge on any atom is -0.356 e. The van der Waals surface area contributed by atoms with E-state index in [2.05, 4.69) is 26.0 Å². The predicted molar refractivity (Wildman–Crippen MR) is 136 cm³/mol. The Kier molecular flexibility index (Phi) is 9.80. The number of hydrogen-bond donors (Lipinski definition) is 3. The summed E-state index contributed by atoms with van der Waals surface area (Å²) in [5.41, 5.74) is 3.73. The van der Waals surface area contributed by atoms with Crippen molar-refractivity contribution in [2.24, 2.45) is 4.99 Å². The highest BCUT2D eigenvalue weighted by Gasteiger charge is 2.05. The molecular formula is C22H26ClIN6O. The van der Waals surface area contributed by atoms with E-state index in [1.807, 2.05) is 59.5 Å². The van der Waals surface area contributed by atoms with E-state index in [0.717, 1.165) is 23.2 Å². The number of rotatable bonds is 7. The molecule has 0 fully saturated rings. The van der Waals surface area contributed by atoms with Gasteiger partial charge in [0.2, 0.25) is 0 Å². The zero-order valence-corrected chi connectivity index (χ0v) is 20.5. The number of benzene rings is 2. The zero-order valence-electron chi connectivity index (χ0n) is 17.4. The van der Waals surface area contributed by atoms with Crippen molar-refractivity contribution >= 4 is 47.4 Å². The van der Waals surface area contributed by atoms with Gasteiger partial charge in [0.25, 0.3) is 5.91 Å². The van der Waals surface area contributed by atoms with Gasteiger partial charge in [0.15, 0.2) is 5.96 Å². The first-order chi connectivity index (χ1) is 14.6. The van der Waals surface area contributed by atoms with Gasteiger partial charge in [-0.1, -0.05) is 23.7 Å². The van der Waals surface area contributed by atoms with E-state index in [1.54, 1.807) is 20.2 Å². The number of carbonyl (C=O) groups excluding carboxylic acids is 1. The van der Waals surface area contributed by atoms with Crippen LogP contribution in [0.4, 0.5) is 0 Å². The van der Waals surface area contributed by atoms with Gasteiger partial charge in [-0.05, 0) is 48.4 Å². The number of aromatic nitrogens is 2. The summed E-state index contributed by atoms with van der Waals surface area (Å²) in [6, 6.07) is 15.1. The van der Waals surface area contributed by atoms with Gasteiger partial charge in [-0.3, -0.25) is 9.79 Å². The lowest BCUT2D eigenvalue weighted by atomic mass is 10.1. The van der Waals surface area contributed by atoms with Crippen molar-refractivity contribution in [3.05, 3.63) is 82.6 Å². The Morgan fingerprint density at radius 2 is 1.90 bits per heavy atom. The molecule has 7 nitrogen and oxygen atoms in total. The third-order valence-electron chi connectivity index (χ3n) is 4.53. The van der Waals surface area contributed by atoms with E-state index in [0.29, 0.717) is 29.6 Å². The fourth-order valence-electron chi connectivity index (χ4n) is 2.93. The summed E-state index contributed by atoms with van der Waals surface area (Å²) in [6.07, 6.45) is 4.56. The van der Waals surface area contributed by atoms with E-state index in [-0.39, 0.29) is 29.9 Å². The maximum absolute atomic E-state index is 11.8.